The van der Waals surface area contributed by atoms with Crippen LogP contribution in [0.3, 0.4) is 0 Å². The van der Waals surface area contributed by atoms with Gasteiger partial charge in [0.2, 0.25) is 5.91 Å². The Morgan fingerprint density at radius 2 is 1.76 bits per heavy atom. The van der Waals surface area contributed by atoms with E-state index in [1.54, 1.807) is 17.0 Å². The second kappa shape index (κ2) is 12.6. The van der Waals surface area contributed by atoms with Crippen LogP contribution in [0.1, 0.15) is 59.1 Å². The van der Waals surface area contributed by atoms with Crippen LogP contribution in [-0.4, -0.2) is 35.9 Å². The van der Waals surface area contributed by atoms with E-state index in [0.717, 1.165) is 15.6 Å². The van der Waals surface area contributed by atoms with Crippen molar-refractivity contribution in [2.75, 3.05) is 13.2 Å². The molecule has 0 saturated heterocycles. The molecule has 0 bridgehead atoms. The van der Waals surface area contributed by atoms with E-state index < -0.39 is 6.04 Å². The fourth-order valence-electron chi connectivity index (χ4n) is 3.44. The maximum atomic E-state index is 13.3. The Morgan fingerprint density at radius 1 is 1.12 bits per heavy atom. The summed E-state index contributed by atoms with van der Waals surface area (Å²) in [5, 5.41) is 3.58. The van der Waals surface area contributed by atoms with Gasteiger partial charge < -0.3 is 15.0 Å². The Labute approximate surface area is 217 Å². The molecule has 2 rings (SSSR count). The summed E-state index contributed by atoms with van der Waals surface area (Å²) < 4.78 is 6.68. The van der Waals surface area contributed by atoms with Crippen molar-refractivity contribution in [3.05, 3.63) is 63.1 Å². The normalized spacial score (nSPS) is 12.4. The fourth-order valence-corrected chi connectivity index (χ4v) is 4.05. The molecule has 1 N–H and O–H groups in total. The van der Waals surface area contributed by atoms with Gasteiger partial charge >= 0.3 is 0 Å². The molecule has 2 amide bonds. The topological polar surface area (TPSA) is 58.6 Å². The minimum atomic E-state index is -0.600. The zero-order valence-electron chi connectivity index (χ0n) is 21.0. The molecule has 5 nitrogen and oxygen atoms in total. The molecular formula is C27H36BrClN2O3. The third kappa shape index (κ3) is 8.31. The summed E-state index contributed by atoms with van der Waals surface area (Å²) in [6.07, 6.45) is 0.493. The number of halogens is 2. The Bertz CT molecular complexity index is 971. The molecule has 0 spiro atoms. The number of carbonyl (C=O) groups excluding carboxylic acids is 2. The van der Waals surface area contributed by atoms with Gasteiger partial charge in [-0.2, -0.15) is 0 Å². The number of ether oxygens (including phenoxy) is 1. The standard InChI is InChI=1S/C27H36BrClN2O3/c1-7-23(26(33)30-15-18(2)3)31(16-19-8-11-21(29)12-9-19)25(32)17-34-24-13-10-20(14-22(24)28)27(4,5)6/h8-14,18,23H,7,15-17H2,1-6H3,(H,30,33). The van der Waals surface area contributed by atoms with Crippen LogP contribution in [0.15, 0.2) is 46.9 Å². The van der Waals surface area contributed by atoms with E-state index in [1.807, 2.05) is 51.1 Å². The maximum absolute atomic E-state index is 13.3. The number of carbonyl (C=O) groups is 2. The van der Waals surface area contributed by atoms with Crippen molar-refractivity contribution < 1.29 is 14.3 Å². The molecule has 0 saturated carbocycles. The smallest absolute Gasteiger partial charge is 0.261 e. The lowest BCUT2D eigenvalue weighted by atomic mass is 9.87. The van der Waals surface area contributed by atoms with Crippen LogP contribution in [0, 0.1) is 5.92 Å². The molecule has 2 aromatic rings. The summed E-state index contributed by atoms with van der Waals surface area (Å²) >= 11 is 9.58. The van der Waals surface area contributed by atoms with Crippen LogP contribution in [-0.2, 0) is 21.5 Å². The molecule has 0 heterocycles. The molecular weight excluding hydrogens is 516 g/mol. The minimum absolute atomic E-state index is 0.00391. The van der Waals surface area contributed by atoms with Gasteiger partial charge in [0.15, 0.2) is 6.61 Å². The molecule has 7 heteroatoms. The van der Waals surface area contributed by atoms with Crippen molar-refractivity contribution in [3.63, 3.8) is 0 Å². The van der Waals surface area contributed by atoms with Crippen molar-refractivity contribution in [2.45, 2.75) is 66.0 Å². The maximum Gasteiger partial charge on any atom is 0.261 e. The van der Waals surface area contributed by atoms with Crippen molar-refractivity contribution in [3.8, 4) is 5.75 Å². The first-order valence-corrected chi connectivity index (χ1v) is 12.8. The number of hydrogen-bond donors (Lipinski definition) is 1. The third-order valence-electron chi connectivity index (χ3n) is 5.49. The molecule has 0 aliphatic rings. The van der Waals surface area contributed by atoms with Crippen LogP contribution in [0.25, 0.3) is 0 Å². The Kier molecular flexibility index (Phi) is 10.4. The summed E-state index contributed by atoms with van der Waals surface area (Å²) in [6.45, 7) is 13.1. The number of nitrogens with zero attached hydrogens (tertiary/aromatic N) is 1. The molecule has 0 aliphatic carbocycles. The van der Waals surface area contributed by atoms with Crippen LogP contribution in [0.2, 0.25) is 5.02 Å². The first kappa shape index (κ1) is 28.2. The van der Waals surface area contributed by atoms with Crippen molar-refractivity contribution in [1.82, 2.24) is 10.2 Å². The molecule has 0 fully saturated rings. The van der Waals surface area contributed by atoms with E-state index in [-0.39, 0.29) is 30.4 Å². The first-order chi connectivity index (χ1) is 15.9. The van der Waals surface area contributed by atoms with Gasteiger partial charge in [0.1, 0.15) is 11.8 Å². The predicted molar refractivity (Wildman–Crippen MR) is 142 cm³/mol. The monoisotopic (exact) mass is 550 g/mol. The molecule has 186 valence electrons. The van der Waals surface area contributed by atoms with Gasteiger partial charge in [0.25, 0.3) is 5.91 Å². The third-order valence-corrected chi connectivity index (χ3v) is 6.36. The summed E-state index contributed by atoms with van der Waals surface area (Å²) in [5.41, 5.74) is 2.06. The van der Waals surface area contributed by atoms with Crippen molar-refractivity contribution >= 4 is 39.3 Å². The fraction of sp³-hybridized carbons (Fsp3) is 0.481. The average Bonchev–Trinajstić information content (AvgIpc) is 2.77. The molecule has 34 heavy (non-hydrogen) atoms. The number of nitrogens with one attached hydrogen (secondary N) is 1. The molecule has 1 unspecified atom stereocenters. The first-order valence-electron chi connectivity index (χ1n) is 11.7. The number of amides is 2. The Hall–Kier alpha value is -2.05. The quantitative estimate of drug-likeness (QED) is 0.374. The van der Waals surface area contributed by atoms with Gasteiger partial charge in [0.05, 0.1) is 4.47 Å². The summed E-state index contributed by atoms with van der Waals surface area (Å²) in [4.78, 5) is 27.9. The number of rotatable bonds is 10. The van der Waals surface area contributed by atoms with Gasteiger partial charge in [-0.1, -0.05) is 71.3 Å². The SMILES string of the molecule is CCC(C(=O)NCC(C)C)N(Cc1ccc(Cl)cc1)C(=O)COc1ccc(C(C)(C)C)cc1Br. The van der Waals surface area contributed by atoms with E-state index in [9.17, 15) is 9.59 Å². The number of benzene rings is 2. The zero-order valence-corrected chi connectivity index (χ0v) is 23.3. The minimum Gasteiger partial charge on any atom is -0.483 e. The van der Waals surface area contributed by atoms with Gasteiger partial charge in [0, 0.05) is 18.1 Å². The Morgan fingerprint density at radius 3 is 2.29 bits per heavy atom. The highest BCUT2D eigenvalue weighted by atomic mass is 79.9. The van der Waals surface area contributed by atoms with E-state index in [1.165, 1.54) is 0 Å². The summed E-state index contributed by atoms with van der Waals surface area (Å²) in [5.74, 6) is 0.492. The molecule has 1 atom stereocenters. The van der Waals surface area contributed by atoms with Gasteiger partial charge in [-0.3, -0.25) is 9.59 Å². The van der Waals surface area contributed by atoms with Crippen molar-refractivity contribution in [2.24, 2.45) is 5.92 Å². The second-order valence-corrected chi connectivity index (χ2v) is 11.2. The zero-order chi connectivity index (χ0) is 25.5. The molecule has 0 aliphatic heterocycles. The van der Waals surface area contributed by atoms with E-state index in [0.29, 0.717) is 29.7 Å². The lowest BCUT2D eigenvalue weighted by molar-refractivity contribution is -0.143. The van der Waals surface area contributed by atoms with E-state index in [4.69, 9.17) is 16.3 Å². The lowest BCUT2D eigenvalue weighted by Crippen LogP contribution is -2.50. The van der Waals surface area contributed by atoms with Crippen LogP contribution in [0.5, 0.6) is 5.75 Å². The van der Waals surface area contributed by atoms with E-state index >= 15 is 0 Å². The largest absolute Gasteiger partial charge is 0.483 e. The lowest BCUT2D eigenvalue weighted by Gasteiger charge is -2.31. The van der Waals surface area contributed by atoms with Gasteiger partial charge in [-0.15, -0.1) is 0 Å². The van der Waals surface area contributed by atoms with Crippen LogP contribution in [0.4, 0.5) is 0 Å². The van der Waals surface area contributed by atoms with Gasteiger partial charge in [-0.25, -0.2) is 0 Å². The summed E-state index contributed by atoms with van der Waals surface area (Å²) in [7, 11) is 0. The number of hydrogen-bond acceptors (Lipinski definition) is 3. The Balaban J connectivity index is 2.22. The van der Waals surface area contributed by atoms with Crippen LogP contribution >= 0.6 is 27.5 Å². The van der Waals surface area contributed by atoms with Crippen molar-refractivity contribution in [1.29, 1.82) is 0 Å². The van der Waals surface area contributed by atoms with Gasteiger partial charge in [-0.05, 0) is 69.1 Å². The molecule has 2 aromatic carbocycles. The average molecular weight is 552 g/mol. The highest BCUT2D eigenvalue weighted by Gasteiger charge is 2.29. The van der Waals surface area contributed by atoms with Crippen LogP contribution < -0.4 is 10.1 Å². The highest BCUT2D eigenvalue weighted by Crippen LogP contribution is 2.31. The second-order valence-electron chi connectivity index (χ2n) is 9.90. The highest BCUT2D eigenvalue weighted by molar-refractivity contribution is 9.10. The molecule has 0 radical (unpaired) electrons. The predicted octanol–water partition coefficient (Wildman–Crippen LogP) is 6.36. The molecule has 0 aromatic heterocycles. The summed E-state index contributed by atoms with van der Waals surface area (Å²) in [6, 6.07) is 12.6. The van der Waals surface area contributed by atoms with E-state index in [2.05, 4.69) is 42.0 Å².